The topological polar surface area (TPSA) is 55.6 Å². The monoisotopic (exact) mass is 276 g/mol. The van der Waals surface area contributed by atoms with Gasteiger partial charge in [-0.25, -0.2) is 0 Å². The van der Waals surface area contributed by atoms with Crippen LogP contribution in [0.2, 0.25) is 0 Å². The fourth-order valence-corrected chi connectivity index (χ4v) is 2.79. The van der Waals surface area contributed by atoms with Crippen molar-refractivity contribution in [1.29, 1.82) is 0 Å². The number of aryl methyl sites for hydroxylation is 1. The molecular weight excluding hydrogens is 252 g/mol. The van der Waals surface area contributed by atoms with E-state index in [0.717, 1.165) is 19.4 Å². The van der Waals surface area contributed by atoms with Crippen molar-refractivity contribution >= 4 is 11.7 Å². The molecule has 1 heterocycles. The summed E-state index contributed by atoms with van der Waals surface area (Å²) in [5, 5.41) is 0. The number of methoxy groups -OCH3 is 1. The van der Waals surface area contributed by atoms with E-state index in [2.05, 4.69) is 36.1 Å². The largest absolute Gasteiger partial charge is 0.468 e. The Kier molecular flexibility index (Phi) is 4.33. The fourth-order valence-electron chi connectivity index (χ4n) is 2.79. The number of anilines is 1. The van der Waals surface area contributed by atoms with Crippen LogP contribution in [0.4, 0.5) is 5.69 Å². The first-order valence-corrected chi connectivity index (χ1v) is 7.17. The van der Waals surface area contributed by atoms with Crippen molar-refractivity contribution in [2.75, 3.05) is 18.6 Å². The molecule has 0 aromatic heterocycles. The fraction of sp³-hybridized carbons (Fsp3) is 0.562. The van der Waals surface area contributed by atoms with E-state index in [4.69, 9.17) is 10.5 Å². The summed E-state index contributed by atoms with van der Waals surface area (Å²) in [6, 6.07) is 8.94. The number of carbonyl (C=O) groups is 1. The van der Waals surface area contributed by atoms with Crippen LogP contribution in [0.25, 0.3) is 0 Å². The van der Waals surface area contributed by atoms with Gasteiger partial charge in [-0.05, 0) is 44.7 Å². The van der Waals surface area contributed by atoms with Crippen LogP contribution >= 0.6 is 0 Å². The first-order valence-electron chi connectivity index (χ1n) is 7.17. The van der Waals surface area contributed by atoms with E-state index in [9.17, 15) is 4.79 Å². The minimum atomic E-state index is -0.930. The Morgan fingerprint density at radius 3 is 2.90 bits per heavy atom. The maximum atomic E-state index is 11.7. The highest BCUT2D eigenvalue weighted by Crippen LogP contribution is 2.31. The molecule has 1 aromatic rings. The molecule has 4 heteroatoms. The molecule has 0 saturated heterocycles. The molecule has 0 saturated carbocycles. The number of nitrogens with two attached hydrogens (primary N) is 1. The van der Waals surface area contributed by atoms with E-state index >= 15 is 0 Å². The van der Waals surface area contributed by atoms with E-state index in [-0.39, 0.29) is 5.97 Å². The lowest BCUT2D eigenvalue weighted by molar-refractivity contribution is -0.146. The highest BCUT2D eigenvalue weighted by Gasteiger charge is 2.31. The van der Waals surface area contributed by atoms with Crippen LogP contribution < -0.4 is 10.6 Å². The SMILES string of the molecule is COC(=O)C(C)(N)CCN1c2ccccc2CCC1C. The Labute approximate surface area is 120 Å². The van der Waals surface area contributed by atoms with Crippen LogP contribution in [0.15, 0.2) is 24.3 Å². The van der Waals surface area contributed by atoms with Gasteiger partial charge in [-0.3, -0.25) is 4.79 Å². The normalized spacial score (nSPS) is 21.0. The quantitative estimate of drug-likeness (QED) is 0.856. The van der Waals surface area contributed by atoms with Crippen LogP contribution in [0.3, 0.4) is 0 Å². The van der Waals surface area contributed by atoms with Crippen molar-refractivity contribution < 1.29 is 9.53 Å². The molecule has 1 aliphatic heterocycles. The van der Waals surface area contributed by atoms with Crippen molar-refractivity contribution in [3.63, 3.8) is 0 Å². The second-order valence-electron chi connectivity index (χ2n) is 5.87. The van der Waals surface area contributed by atoms with E-state index in [0.29, 0.717) is 12.5 Å². The van der Waals surface area contributed by atoms with Crippen molar-refractivity contribution in [3.8, 4) is 0 Å². The summed E-state index contributed by atoms with van der Waals surface area (Å²) in [5.74, 6) is -0.351. The van der Waals surface area contributed by atoms with Gasteiger partial charge < -0.3 is 15.4 Å². The third-order valence-corrected chi connectivity index (χ3v) is 4.19. The summed E-state index contributed by atoms with van der Waals surface area (Å²) in [6.45, 7) is 4.72. The average molecular weight is 276 g/mol. The summed E-state index contributed by atoms with van der Waals surface area (Å²) in [5.41, 5.74) is 7.77. The number of esters is 1. The summed E-state index contributed by atoms with van der Waals surface area (Å²) in [6.07, 6.45) is 2.83. The van der Waals surface area contributed by atoms with E-state index < -0.39 is 5.54 Å². The molecule has 2 atom stereocenters. The van der Waals surface area contributed by atoms with Gasteiger partial charge in [0.2, 0.25) is 0 Å². The smallest absolute Gasteiger partial charge is 0.325 e. The van der Waals surface area contributed by atoms with Crippen LogP contribution in [0, 0.1) is 0 Å². The van der Waals surface area contributed by atoms with E-state index in [1.807, 2.05) is 0 Å². The lowest BCUT2D eigenvalue weighted by Gasteiger charge is -2.38. The predicted octanol–water partition coefficient (Wildman–Crippen LogP) is 2.11. The second-order valence-corrected chi connectivity index (χ2v) is 5.87. The van der Waals surface area contributed by atoms with Gasteiger partial charge in [0.15, 0.2) is 0 Å². The number of benzene rings is 1. The number of hydrogen-bond acceptors (Lipinski definition) is 4. The molecule has 1 aromatic carbocycles. The number of rotatable bonds is 4. The Bertz CT molecular complexity index is 485. The van der Waals surface area contributed by atoms with Gasteiger partial charge in [-0.15, -0.1) is 0 Å². The summed E-state index contributed by atoms with van der Waals surface area (Å²) < 4.78 is 4.77. The van der Waals surface area contributed by atoms with Crippen LogP contribution in [-0.2, 0) is 16.0 Å². The molecule has 1 aliphatic rings. The molecule has 0 amide bonds. The molecule has 0 spiro atoms. The zero-order valence-electron chi connectivity index (χ0n) is 12.6. The third-order valence-electron chi connectivity index (χ3n) is 4.19. The zero-order chi connectivity index (χ0) is 14.8. The molecule has 0 radical (unpaired) electrons. The summed E-state index contributed by atoms with van der Waals surface area (Å²) in [7, 11) is 1.38. The molecule has 0 aliphatic carbocycles. The van der Waals surface area contributed by atoms with Gasteiger partial charge in [-0.1, -0.05) is 18.2 Å². The van der Waals surface area contributed by atoms with Gasteiger partial charge in [0.05, 0.1) is 7.11 Å². The lowest BCUT2D eigenvalue weighted by atomic mass is 9.94. The van der Waals surface area contributed by atoms with Gasteiger partial charge in [0, 0.05) is 18.3 Å². The third kappa shape index (κ3) is 2.96. The number of para-hydroxylation sites is 1. The van der Waals surface area contributed by atoms with Gasteiger partial charge in [0.25, 0.3) is 0 Å². The van der Waals surface area contributed by atoms with E-state index in [1.165, 1.54) is 18.4 Å². The summed E-state index contributed by atoms with van der Waals surface area (Å²) in [4.78, 5) is 14.0. The molecule has 4 nitrogen and oxygen atoms in total. The number of fused-ring (bicyclic) bond motifs is 1. The molecular formula is C16H24N2O2. The second kappa shape index (κ2) is 5.83. The minimum Gasteiger partial charge on any atom is -0.468 e. The number of ether oxygens (including phenoxy) is 1. The number of hydrogen-bond donors (Lipinski definition) is 1. The average Bonchev–Trinajstić information content (AvgIpc) is 2.45. The Balaban J connectivity index is 2.11. The highest BCUT2D eigenvalue weighted by atomic mass is 16.5. The lowest BCUT2D eigenvalue weighted by Crippen LogP contribution is -2.49. The maximum Gasteiger partial charge on any atom is 0.325 e. The van der Waals surface area contributed by atoms with E-state index in [1.54, 1.807) is 6.92 Å². The first kappa shape index (κ1) is 14.9. The van der Waals surface area contributed by atoms with Gasteiger partial charge in [-0.2, -0.15) is 0 Å². The molecule has 20 heavy (non-hydrogen) atoms. The van der Waals surface area contributed by atoms with Gasteiger partial charge in [0.1, 0.15) is 5.54 Å². The molecule has 2 N–H and O–H groups in total. The van der Waals surface area contributed by atoms with Crippen molar-refractivity contribution in [2.45, 2.75) is 44.7 Å². The van der Waals surface area contributed by atoms with Crippen LogP contribution in [0.5, 0.6) is 0 Å². The molecule has 0 bridgehead atoms. The minimum absolute atomic E-state index is 0.351. The van der Waals surface area contributed by atoms with Crippen molar-refractivity contribution in [3.05, 3.63) is 29.8 Å². The highest BCUT2D eigenvalue weighted by molar-refractivity contribution is 5.79. The molecule has 0 fully saturated rings. The number of nitrogens with zero attached hydrogens (tertiary/aromatic N) is 1. The summed E-state index contributed by atoms with van der Waals surface area (Å²) >= 11 is 0. The van der Waals surface area contributed by atoms with Crippen LogP contribution in [-0.4, -0.2) is 31.2 Å². The molecule has 2 rings (SSSR count). The van der Waals surface area contributed by atoms with Crippen molar-refractivity contribution in [2.24, 2.45) is 5.73 Å². The number of carbonyl (C=O) groups excluding carboxylic acids is 1. The zero-order valence-corrected chi connectivity index (χ0v) is 12.6. The first-order chi connectivity index (χ1) is 9.45. The maximum absolute atomic E-state index is 11.7. The Morgan fingerprint density at radius 2 is 2.20 bits per heavy atom. The Morgan fingerprint density at radius 1 is 1.50 bits per heavy atom. The Hall–Kier alpha value is -1.55. The molecule has 2 unspecified atom stereocenters. The standard InChI is InChI=1S/C16H24N2O2/c1-12-8-9-13-6-4-5-7-14(13)18(12)11-10-16(2,17)15(19)20-3/h4-7,12H,8-11,17H2,1-3H3. The predicted molar refractivity (Wildman–Crippen MR) is 80.8 cm³/mol. The van der Waals surface area contributed by atoms with Gasteiger partial charge >= 0.3 is 5.97 Å². The van der Waals surface area contributed by atoms with Crippen molar-refractivity contribution in [1.82, 2.24) is 0 Å². The molecule has 110 valence electrons. The van der Waals surface area contributed by atoms with Crippen LogP contribution in [0.1, 0.15) is 32.3 Å².